The summed E-state index contributed by atoms with van der Waals surface area (Å²) in [6, 6.07) is 0. The van der Waals surface area contributed by atoms with E-state index in [1.54, 1.807) is 0 Å². The second-order valence-electron chi connectivity index (χ2n) is 5.34. The molecule has 2 fully saturated rings. The first-order chi connectivity index (χ1) is 6.32. The third kappa shape index (κ3) is 0.881. The molecule has 3 atom stereocenters. The molecule has 14 heavy (non-hydrogen) atoms. The highest BCUT2D eigenvalue weighted by Crippen LogP contribution is 2.65. The van der Waals surface area contributed by atoms with E-state index >= 15 is 0 Å². The van der Waals surface area contributed by atoms with Gasteiger partial charge >= 0.3 is 0 Å². The largest absolute Gasteiger partial charge is 0.298 e. The molecule has 0 saturated heterocycles. The summed E-state index contributed by atoms with van der Waals surface area (Å²) < 4.78 is 0. The van der Waals surface area contributed by atoms with E-state index in [9.17, 15) is 9.59 Å². The lowest BCUT2D eigenvalue weighted by atomic mass is 9.70. The summed E-state index contributed by atoms with van der Waals surface area (Å²) in [7, 11) is 0. The standard InChI is InChI=1S/C11H15ClO2/c1-10(2)6-4-5-11(10,3)8(13)7(6)9(12)14/h6-7H,4-5H2,1-3H3/t6-,7?,11?/m1/s1. The van der Waals surface area contributed by atoms with Crippen molar-refractivity contribution >= 4 is 22.6 Å². The molecule has 2 aliphatic carbocycles. The minimum absolute atomic E-state index is 0.0683. The second kappa shape index (κ2) is 2.60. The first-order valence-corrected chi connectivity index (χ1v) is 5.44. The van der Waals surface area contributed by atoms with Crippen molar-refractivity contribution in [2.24, 2.45) is 22.7 Å². The van der Waals surface area contributed by atoms with Crippen molar-refractivity contribution in [1.82, 2.24) is 0 Å². The van der Waals surface area contributed by atoms with Crippen LogP contribution in [-0.2, 0) is 9.59 Å². The Kier molecular flexibility index (Phi) is 1.89. The number of carbonyl (C=O) groups is 2. The van der Waals surface area contributed by atoms with E-state index < -0.39 is 11.2 Å². The van der Waals surface area contributed by atoms with Gasteiger partial charge in [-0.25, -0.2) is 0 Å². The van der Waals surface area contributed by atoms with Crippen LogP contribution in [0.3, 0.4) is 0 Å². The molecule has 78 valence electrons. The van der Waals surface area contributed by atoms with Gasteiger partial charge in [-0.15, -0.1) is 0 Å². The molecule has 0 heterocycles. The zero-order chi connectivity index (χ0) is 10.7. The van der Waals surface area contributed by atoms with Crippen LogP contribution in [0.2, 0.25) is 0 Å². The molecule has 0 N–H and O–H groups in total. The fourth-order valence-corrected chi connectivity index (χ4v) is 3.60. The van der Waals surface area contributed by atoms with Crippen LogP contribution in [0.5, 0.6) is 0 Å². The fourth-order valence-electron chi connectivity index (χ4n) is 3.35. The van der Waals surface area contributed by atoms with Gasteiger partial charge in [-0.05, 0) is 35.8 Å². The third-order valence-corrected chi connectivity index (χ3v) is 5.01. The topological polar surface area (TPSA) is 34.1 Å². The van der Waals surface area contributed by atoms with Crippen LogP contribution in [-0.4, -0.2) is 11.0 Å². The van der Waals surface area contributed by atoms with E-state index in [-0.39, 0.29) is 22.5 Å². The number of fused-ring (bicyclic) bond motifs is 2. The van der Waals surface area contributed by atoms with Crippen LogP contribution in [0.15, 0.2) is 0 Å². The molecule has 0 aromatic heterocycles. The number of rotatable bonds is 1. The first kappa shape index (κ1) is 10.2. The van der Waals surface area contributed by atoms with Crippen molar-refractivity contribution in [2.75, 3.05) is 0 Å². The number of Topliss-reactive ketones (excluding diaryl/α,β-unsaturated/α-hetero) is 1. The predicted molar refractivity (Wildman–Crippen MR) is 54.0 cm³/mol. The van der Waals surface area contributed by atoms with E-state index in [1.807, 2.05) is 6.92 Å². The molecule has 0 radical (unpaired) electrons. The summed E-state index contributed by atoms with van der Waals surface area (Å²) >= 11 is 5.50. The van der Waals surface area contributed by atoms with E-state index in [1.165, 1.54) is 0 Å². The minimum Gasteiger partial charge on any atom is -0.298 e. The Bertz CT molecular complexity index is 321. The number of hydrogen-bond donors (Lipinski definition) is 0. The third-order valence-electron chi connectivity index (χ3n) is 4.78. The molecule has 0 aromatic carbocycles. The van der Waals surface area contributed by atoms with Gasteiger partial charge in [0.15, 0.2) is 5.78 Å². The molecular weight excluding hydrogens is 200 g/mol. The van der Waals surface area contributed by atoms with Gasteiger partial charge in [-0.2, -0.15) is 0 Å². The quantitative estimate of drug-likeness (QED) is 0.496. The lowest BCUT2D eigenvalue weighted by Crippen LogP contribution is -2.34. The lowest BCUT2D eigenvalue weighted by Gasteiger charge is -2.32. The van der Waals surface area contributed by atoms with Crippen molar-refractivity contribution in [3.05, 3.63) is 0 Å². The van der Waals surface area contributed by atoms with Crippen LogP contribution < -0.4 is 0 Å². The Morgan fingerprint density at radius 1 is 1.43 bits per heavy atom. The maximum Gasteiger partial charge on any atom is 0.232 e. The van der Waals surface area contributed by atoms with E-state index in [0.717, 1.165) is 12.8 Å². The molecule has 2 saturated carbocycles. The average molecular weight is 215 g/mol. The summed E-state index contributed by atoms with van der Waals surface area (Å²) in [6.45, 7) is 6.15. The number of carbonyl (C=O) groups excluding carboxylic acids is 2. The average Bonchev–Trinajstić information content (AvgIpc) is 2.35. The van der Waals surface area contributed by atoms with Gasteiger partial charge in [0.25, 0.3) is 0 Å². The molecule has 2 aliphatic rings. The minimum atomic E-state index is -0.537. The summed E-state index contributed by atoms with van der Waals surface area (Å²) in [5.74, 6) is -0.311. The molecule has 0 aromatic rings. The molecule has 2 rings (SSSR count). The highest BCUT2D eigenvalue weighted by molar-refractivity contribution is 6.65. The van der Waals surface area contributed by atoms with Crippen molar-refractivity contribution in [1.29, 1.82) is 0 Å². The maximum atomic E-state index is 12.0. The van der Waals surface area contributed by atoms with Crippen LogP contribution >= 0.6 is 11.6 Å². The molecule has 0 spiro atoms. The summed E-state index contributed by atoms with van der Waals surface area (Å²) in [6.07, 6.45) is 1.86. The molecule has 0 amide bonds. The molecule has 2 unspecified atom stereocenters. The summed E-state index contributed by atoms with van der Waals surface area (Å²) in [4.78, 5) is 23.3. The van der Waals surface area contributed by atoms with E-state index in [2.05, 4.69) is 13.8 Å². The highest BCUT2D eigenvalue weighted by Gasteiger charge is 2.67. The zero-order valence-corrected chi connectivity index (χ0v) is 9.52. The predicted octanol–water partition coefficient (Wildman–Crippen LogP) is 2.39. The lowest BCUT2D eigenvalue weighted by molar-refractivity contribution is -0.135. The van der Waals surface area contributed by atoms with Crippen molar-refractivity contribution in [3.8, 4) is 0 Å². The van der Waals surface area contributed by atoms with Gasteiger partial charge < -0.3 is 0 Å². The Hall–Kier alpha value is -0.370. The maximum absolute atomic E-state index is 12.0. The summed E-state index contributed by atoms with van der Waals surface area (Å²) in [5, 5.41) is -0.462. The van der Waals surface area contributed by atoms with Gasteiger partial charge in [0.2, 0.25) is 5.24 Å². The monoisotopic (exact) mass is 214 g/mol. The van der Waals surface area contributed by atoms with Gasteiger partial charge in [-0.1, -0.05) is 20.8 Å². The SMILES string of the molecule is CC12CC[C@H](C(C(=O)Cl)C1=O)C2(C)C. The van der Waals surface area contributed by atoms with Crippen molar-refractivity contribution in [2.45, 2.75) is 33.6 Å². The zero-order valence-electron chi connectivity index (χ0n) is 8.76. The number of hydrogen-bond acceptors (Lipinski definition) is 2. The van der Waals surface area contributed by atoms with Crippen molar-refractivity contribution < 1.29 is 9.59 Å². The van der Waals surface area contributed by atoms with Crippen molar-refractivity contribution in [3.63, 3.8) is 0 Å². The van der Waals surface area contributed by atoms with Crippen LogP contribution in [0.1, 0.15) is 33.6 Å². The molecule has 2 nitrogen and oxygen atoms in total. The Morgan fingerprint density at radius 3 is 2.29 bits per heavy atom. The van der Waals surface area contributed by atoms with Gasteiger partial charge in [0, 0.05) is 5.41 Å². The van der Waals surface area contributed by atoms with Gasteiger partial charge in [0.05, 0.1) is 5.92 Å². The Balaban J connectivity index is 2.49. The molecule has 0 aliphatic heterocycles. The molecular formula is C11H15ClO2. The second-order valence-corrected chi connectivity index (χ2v) is 5.72. The molecule has 3 heteroatoms. The fraction of sp³-hybridized carbons (Fsp3) is 0.818. The van der Waals surface area contributed by atoms with Gasteiger partial charge in [0.1, 0.15) is 0 Å². The molecule has 2 bridgehead atoms. The Morgan fingerprint density at radius 2 is 2.00 bits per heavy atom. The van der Waals surface area contributed by atoms with Gasteiger partial charge in [-0.3, -0.25) is 9.59 Å². The van der Waals surface area contributed by atoms with Crippen LogP contribution in [0.25, 0.3) is 0 Å². The Labute approximate surface area is 89.0 Å². The summed E-state index contributed by atoms with van der Waals surface area (Å²) in [5.41, 5.74) is -0.397. The van der Waals surface area contributed by atoms with E-state index in [4.69, 9.17) is 11.6 Å². The van der Waals surface area contributed by atoms with Crippen LogP contribution in [0, 0.1) is 22.7 Å². The number of halogens is 1. The smallest absolute Gasteiger partial charge is 0.232 e. The normalized spacial score (nSPS) is 44.4. The first-order valence-electron chi connectivity index (χ1n) is 5.06. The van der Waals surface area contributed by atoms with Crippen LogP contribution in [0.4, 0.5) is 0 Å². The van der Waals surface area contributed by atoms with E-state index in [0.29, 0.717) is 0 Å². The highest BCUT2D eigenvalue weighted by atomic mass is 35.5. The number of ketones is 1.